The van der Waals surface area contributed by atoms with E-state index < -0.39 is 10.0 Å². The predicted octanol–water partition coefficient (Wildman–Crippen LogP) is 1.62. The fourth-order valence-electron chi connectivity index (χ4n) is 2.19. The van der Waals surface area contributed by atoms with E-state index in [1.807, 2.05) is 13.8 Å². The molecule has 2 aromatic rings. The van der Waals surface area contributed by atoms with Crippen molar-refractivity contribution in [3.05, 3.63) is 36.0 Å². The van der Waals surface area contributed by atoms with E-state index in [1.54, 1.807) is 24.3 Å². The Morgan fingerprint density at radius 3 is 2.60 bits per heavy atom. The molecule has 25 heavy (non-hydrogen) atoms. The summed E-state index contributed by atoms with van der Waals surface area (Å²) in [6, 6.07) is 8.29. The van der Waals surface area contributed by atoms with E-state index in [-0.39, 0.29) is 11.4 Å². The summed E-state index contributed by atoms with van der Waals surface area (Å²) in [5.74, 6) is 1.49. The van der Waals surface area contributed by atoms with E-state index >= 15 is 0 Å². The van der Waals surface area contributed by atoms with Crippen LogP contribution in [0.3, 0.4) is 0 Å². The minimum Gasteiger partial charge on any atom is -0.495 e. The van der Waals surface area contributed by atoms with Crippen LogP contribution in [0, 0.1) is 6.92 Å². The normalized spacial score (nSPS) is 11.2. The summed E-state index contributed by atoms with van der Waals surface area (Å²) in [6.45, 7) is 5.15. The second-order valence-corrected chi connectivity index (χ2v) is 6.96. The predicted molar refractivity (Wildman–Crippen MR) is 97.6 cm³/mol. The standard InChI is InChI=1S/C16H23N5O3S/c1-4-17-16-20-12(2)11-15(21-16)18-9-10-19-25(22,23)14-8-6-5-7-13(14)24-3/h5-8,11,19H,4,9-10H2,1-3H3,(H2,17,18,20,21). The van der Waals surface area contributed by atoms with Gasteiger partial charge in [0.1, 0.15) is 16.5 Å². The zero-order chi connectivity index (χ0) is 18.3. The molecule has 8 nitrogen and oxygen atoms in total. The number of ether oxygens (including phenoxy) is 1. The van der Waals surface area contributed by atoms with Gasteiger partial charge in [0.15, 0.2) is 0 Å². The molecule has 0 saturated heterocycles. The topological polar surface area (TPSA) is 105 Å². The Hall–Kier alpha value is -2.39. The first kappa shape index (κ1) is 18.9. The van der Waals surface area contributed by atoms with Crippen LogP contribution in [0.4, 0.5) is 11.8 Å². The highest BCUT2D eigenvalue weighted by Gasteiger charge is 2.18. The average Bonchev–Trinajstić information content (AvgIpc) is 2.58. The van der Waals surface area contributed by atoms with E-state index in [0.29, 0.717) is 24.1 Å². The molecule has 0 saturated carbocycles. The molecule has 1 aromatic heterocycles. The lowest BCUT2D eigenvalue weighted by Gasteiger charge is -2.12. The molecule has 2 rings (SSSR count). The molecule has 0 fully saturated rings. The number of aromatic nitrogens is 2. The largest absolute Gasteiger partial charge is 0.495 e. The fraction of sp³-hybridized carbons (Fsp3) is 0.375. The van der Waals surface area contributed by atoms with Crippen molar-refractivity contribution in [1.82, 2.24) is 14.7 Å². The van der Waals surface area contributed by atoms with Gasteiger partial charge in [-0.25, -0.2) is 18.1 Å². The maximum atomic E-state index is 12.4. The summed E-state index contributed by atoms with van der Waals surface area (Å²) in [5.41, 5.74) is 0.822. The van der Waals surface area contributed by atoms with Gasteiger partial charge >= 0.3 is 0 Å². The van der Waals surface area contributed by atoms with Gasteiger partial charge in [0.05, 0.1) is 7.11 Å². The van der Waals surface area contributed by atoms with Crippen molar-refractivity contribution >= 4 is 21.8 Å². The molecule has 1 heterocycles. The van der Waals surface area contributed by atoms with Gasteiger partial charge in [0.25, 0.3) is 0 Å². The molecule has 0 amide bonds. The van der Waals surface area contributed by atoms with Gasteiger partial charge in [-0.1, -0.05) is 12.1 Å². The number of hydrogen-bond acceptors (Lipinski definition) is 7. The van der Waals surface area contributed by atoms with Crippen molar-refractivity contribution in [2.45, 2.75) is 18.7 Å². The van der Waals surface area contributed by atoms with Crippen LogP contribution in [0.2, 0.25) is 0 Å². The van der Waals surface area contributed by atoms with E-state index in [2.05, 4.69) is 25.3 Å². The maximum Gasteiger partial charge on any atom is 0.244 e. The van der Waals surface area contributed by atoms with Gasteiger partial charge < -0.3 is 15.4 Å². The molecule has 3 N–H and O–H groups in total. The third-order valence-electron chi connectivity index (χ3n) is 3.27. The number of nitrogens with zero attached hydrogens (tertiary/aromatic N) is 2. The Morgan fingerprint density at radius 2 is 1.88 bits per heavy atom. The summed E-state index contributed by atoms with van der Waals surface area (Å²) in [5, 5.41) is 6.14. The molecular formula is C16H23N5O3S. The Bertz CT molecular complexity index is 811. The molecule has 0 aliphatic rings. The highest BCUT2D eigenvalue weighted by Crippen LogP contribution is 2.22. The lowest BCUT2D eigenvalue weighted by atomic mass is 10.3. The summed E-state index contributed by atoms with van der Waals surface area (Å²) >= 11 is 0. The first-order valence-corrected chi connectivity index (χ1v) is 9.40. The van der Waals surface area contributed by atoms with Gasteiger partial charge in [-0.05, 0) is 26.0 Å². The van der Waals surface area contributed by atoms with Crippen LogP contribution in [-0.2, 0) is 10.0 Å². The van der Waals surface area contributed by atoms with Crippen molar-refractivity contribution in [1.29, 1.82) is 0 Å². The molecular weight excluding hydrogens is 342 g/mol. The van der Waals surface area contributed by atoms with E-state index in [1.165, 1.54) is 13.2 Å². The van der Waals surface area contributed by atoms with Crippen LogP contribution >= 0.6 is 0 Å². The number of sulfonamides is 1. The Morgan fingerprint density at radius 1 is 1.12 bits per heavy atom. The van der Waals surface area contributed by atoms with Gasteiger partial charge in [0, 0.05) is 31.4 Å². The maximum absolute atomic E-state index is 12.4. The van der Waals surface area contributed by atoms with Crippen LogP contribution in [0.15, 0.2) is 35.2 Å². The Labute approximate surface area is 148 Å². The van der Waals surface area contributed by atoms with Crippen molar-refractivity contribution in [3.63, 3.8) is 0 Å². The number of aryl methyl sites for hydroxylation is 1. The second-order valence-electron chi connectivity index (χ2n) is 5.22. The summed E-state index contributed by atoms with van der Waals surface area (Å²) in [6.07, 6.45) is 0. The number of hydrogen-bond donors (Lipinski definition) is 3. The van der Waals surface area contributed by atoms with Crippen molar-refractivity contribution in [3.8, 4) is 5.75 Å². The smallest absolute Gasteiger partial charge is 0.244 e. The Balaban J connectivity index is 1.94. The summed E-state index contributed by atoms with van der Waals surface area (Å²) < 4.78 is 32.4. The van der Waals surface area contributed by atoms with Gasteiger partial charge in [-0.15, -0.1) is 0 Å². The third kappa shape index (κ3) is 5.30. The molecule has 0 radical (unpaired) electrons. The van der Waals surface area contributed by atoms with Crippen LogP contribution < -0.4 is 20.1 Å². The number of benzene rings is 1. The number of nitrogens with one attached hydrogen (secondary N) is 3. The van der Waals surface area contributed by atoms with Gasteiger partial charge in [-0.3, -0.25) is 0 Å². The summed E-state index contributed by atoms with van der Waals surface area (Å²) in [7, 11) is -2.20. The molecule has 0 spiro atoms. The summed E-state index contributed by atoms with van der Waals surface area (Å²) in [4.78, 5) is 8.69. The lowest BCUT2D eigenvalue weighted by Crippen LogP contribution is -2.29. The van der Waals surface area contributed by atoms with Crippen LogP contribution in [0.25, 0.3) is 0 Å². The molecule has 0 aliphatic heterocycles. The lowest BCUT2D eigenvalue weighted by molar-refractivity contribution is 0.402. The SMILES string of the molecule is CCNc1nc(C)cc(NCCNS(=O)(=O)c2ccccc2OC)n1. The average molecular weight is 365 g/mol. The van der Waals surface area contributed by atoms with E-state index in [0.717, 1.165) is 12.2 Å². The number of rotatable bonds is 9. The Kier molecular flexibility index (Phi) is 6.54. The minimum absolute atomic E-state index is 0.116. The number of methoxy groups -OCH3 is 1. The first-order chi connectivity index (χ1) is 12.0. The van der Waals surface area contributed by atoms with Crippen LogP contribution in [-0.4, -0.2) is 45.1 Å². The minimum atomic E-state index is -3.64. The highest BCUT2D eigenvalue weighted by molar-refractivity contribution is 7.89. The molecule has 0 atom stereocenters. The zero-order valence-corrected chi connectivity index (χ0v) is 15.4. The molecule has 1 aromatic carbocycles. The van der Waals surface area contributed by atoms with Gasteiger partial charge in [0.2, 0.25) is 16.0 Å². The second kappa shape index (κ2) is 8.63. The third-order valence-corrected chi connectivity index (χ3v) is 4.77. The monoisotopic (exact) mass is 365 g/mol. The van der Waals surface area contributed by atoms with Crippen LogP contribution in [0.1, 0.15) is 12.6 Å². The van der Waals surface area contributed by atoms with Crippen LogP contribution in [0.5, 0.6) is 5.75 Å². The quantitative estimate of drug-likeness (QED) is 0.580. The van der Waals surface area contributed by atoms with Gasteiger partial charge in [-0.2, -0.15) is 4.98 Å². The molecule has 9 heteroatoms. The van der Waals surface area contributed by atoms with Crippen molar-refractivity contribution < 1.29 is 13.2 Å². The molecule has 136 valence electrons. The highest BCUT2D eigenvalue weighted by atomic mass is 32.2. The fourth-order valence-corrected chi connectivity index (χ4v) is 3.39. The molecule has 0 bridgehead atoms. The number of para-hydroxylation sites is 1. The number of anilines is 2. The first-order valence-electron chi connectivity index (χ1n) is 7.92. The zero-order valence-electron chi connectivity index (χ0n) is 14.5. The molecule has 0 unspecified atom stereocenters. The van der Waals surface area contributed by atoms with E-state index in [9.17, 15) is 8.42 Å². The van der Waals surface area contributed by atoms with Crippen molar-refractivity contribution in [2.24, 2.45) is 0 Å². The molecule has 0 aliphatic carbocycles. The van der Waals surface area contributed by atoms with E-state index in [4.69, 9.17) is 4.74 Å². The van der Waals surface area contributed by atoms with Crippen molar-refractivity contribution in [2.75, 3.05) is 37.4 Å².